The molecule has 0 aliphatic rings. The molecule has 0 saturated heterocycles. The molecule has 0 unspecified atom stereocenters. The van der Waals surface area contributed by atoms with Crippen LogP contribution in [0.3, 0.4) is 0 Å². The highest BCUT2D eigenvalue weighted by molar-refractivity contribution is 9.10. The molecule has 0 aliphatic carbocycles. The Labute approximate surface area is 121 Å². The number of amidine groups is 1. The topological polar surface area (TPSA) is 59.1 Å². The van der Waals surface area contributed by atoms with E-state index in [1.165, 1.54) is 0 Å². The van der Waals surface area contributed by atoms with Gasteiger partial charge in [0.2, 0.25) is 0 Å². The van der Waals surface area contributed by atoms with Gasteiger partial charge in [0.25, 0.3) is 0 Å². The summed E-state index contributed by atoms with van der Waals surface area (Å²) in [5, 5.41) is 7.61. The molecule has 3 N–H and O–H groups in total. The van der Waals surface area contributed by atoms with Gasteiger partial charge in [0.15, 0.2) is 0 Å². The molecule has 2 aromatic carbocycles. The molecule has 0 bridgehead atoms. The average molecular weight is 319 g/mol. The maximum Gasteiger partial charge on any atom is 0.138 e. The van der Waals surface area contributed by atoms with Gasteiger partial charge in [-0.05, 0) is 49.2 Å². The molecule has 2 aromatic rings. The van der Waals surface area contributed by atoms with Gasteiger partial charge in [-0.3, -0.25) is 5.41 Å². The van der Waals surface area contributed by atoms with Crippen LogP contribution in [0, 0.1) is 19.3 Å². The third-order valence-corrected chi connectivity index (χ3v) is 3.29. The summed E-state index contributed by atoms with van der Waals surface area (Å²) in [5.74, 6) is 1.36. The van der Waals surface area contributed by atoms with E-state index in [4.69, 9.17) is 15.9 Å². The number of rotatable bonds is 3. The first-order chi connectivity index (χ1) is 8.97. The van der Waals surface area contributed by atoms with E-state index in [1.807, 2.05) is 44.2 Å². The molecule has 4 heteroatoms. The Morgan fingerprint density at radius 1 is 1.11 bits per heavy atom. The summed E-state index contributed by atoms with van der Waals surface area (Å²) < 4.78 is 6.76. The number of benzene rings is 2. The largest absolute Gasteiger partial charge is 0.456 e. The van der Waals surface area contributed by atoms with Crippen molar-refractivity contribution in [3.05, 3.63) is 57.6 Å². The number of hydrogen-bond acceptors (Lipinski definition) is 2. The maximum atomic E-state index is 7.61. The van der Waals surface area contributed by atoms with Gasteiger partial charge in [-0.15, -0.1) is 0 Å². The molecule has 0 atom stereocenters. The fraction of sp³-hybridized carbons (Fsp3) is 0.133. The number of nitrogens with one attached hydrogen (secondary N) is 1. The Morgan fingerprint density at radius 2 is 1.84 bits per heavy atom. The summed E-state index contributed by atoms with van der Waals surface area (Å²) in [6, 6.07) is 11.5. The van der Waals surface area contributed by atoms with Crippen LogP contribution in [0.25, 0.3) is 0 Å². The number of nitrogen functional groups attached to an aromatic ring is 1. The highest BCUT2D eigenvalue weighted by Crippen LogP contribution is 2.30. The summed E-state index contributed by atoms with van der Waals surface area (Å²) in [6.45, 7) is 4.00. The lowest BCUT2D eigenvalue weighted by molar-refractivity contribution is 0.477. The quantitative estimate of drug-likeness (QED) is 0.660. The number of hydrogen-bond donors (Lipinski definition) is 2. The second-order valence-corrected chi connectivity index (χ2v) is 5.34. The Bertz CT molecular complexity index is 638. The van der Waals surface area contributed by atoms with E-state index in [0.717, 1.165) is 21.3 Å². The molecule has 19 heavy (non-hydrogen) atoms. The maximum absolute atomic E-state index is 7.61. The molecule has 0 saturated carbocycles. The Kier molecular flexibility index (Phi) is 3.90. The van der Waals surface area contributed by atoms with Crippen LogP contribution in [-0.4, -0.2) is 5.84 Å². The average Bonchev–Trinajstić information content (AvgIpc) is 2.35. The fourth-order valence-electron chi connectivity index (χ4n) is 1.74. The molecule has 0 fully saturated rings. The smallest absolute Gasteiger partial charge is 0.138 e. The van der Waals surface area contributed by atoms with Crippen LogP contribution in [-0.2, 0) is 0 Å². The summed E-state index contributed by atoms with van der Waals surface area (Å²) in [7, 11) is 0. The normalized spacial score (nSPS) is 10.3. The van der Waals surface area contributed by atoms with Crippen molar-refractivity contribution in [1.29, 1.82) is 5.41 Å². The van der Waals surface area contributed by atoms with E-state index in [9.17, 15) is 0 Å². The number of halogens is 1. The van der Waals surface area contributed by atoms with Gasteiger partial charge in [-0.25, -0.2) is 0 Å². The summed E-state index contributed by atoms with van der Waals surface area (Å²) in [6.07, 6.45) is 0. The Balaban J connectivity index is 2.43. The molecule has 0 amide bonds. The van der Waals surface area contributed by atoms with Crippen molar-refractivity contribution in [2.45, 2.75) is 13.8 Å². The van der Waals surface area contributed by atoms with Gasteiger partial charge in [-0.1, -0.05) is 28.1 Å². The van der Waals surface area contributed by atoms with Crippen LogP contribution in [0.15, 0.2) is 40.9 Å². The van der Waals surface area contributed by atoms with E-state index in [2.05, 4.69) is 15.9 Å². The van der Waals surface area contributed by atoms with E-state index in [0.29, 0.717) is 11.3 Å². The standard InChI is InChI=1S/C15H15BrN2O/c1-9-3-4-10(2)14(7-9)19-13-6-5-11(16)8-12(13)15(17)18/h3-8H,1-2H3,(H3,17,18). The predicted octanol–water partition coefficient (Wildman–Crippen LogP) is 4.14. The lowest BCUT2D eigenvalue weighted by atomic mass is 10.1. The number of nitrogens with two attached hydrogens (primary N) is 1. The lowest BCUT2D eigenvalue weighted by Gasteiger charge is -2.13. The van der Waals surface area contributed by atoms with Gasteiger partial charge in [-0.2, -0.15) is 0 Å². The first kappa shape index (κ1) is 13.6. The molecular weight excluding hydrogens is 304 g/mol. The molecule has 3 nitrogen and oxygen atoms in total. The minimum atomic E-state index is -0.0124. The van der Waals surface area contributed by atoms with Crippen LogP contribution < -0.4 is 10.5 Å². The van der Waals surface area contributed by atoms with E-state index in [1.54, 1.807) is 6.07 Å². The molecule has 0 spiro atoms. The minimum absolute atomic E-state index is 0.0124. The van der Waals surface area contributed by atoms with E-state index in [-0.39, 0.29) is 5.84 Å². The third kappa shape index (κ3) is 3.15. The van der Waals surface area contributed by atoms with Crippen molar-refractivity contribution in [3.63, 3.8) is 0 Å². The summed E-state index contributed by atoms with van der Waals surface area (Å²) in [5.41, 5.74) is 8.34. The van der Waals surface area contributed by atoms with Gasteiger partial charge in [0.1, 0.15) is 17.3 Å². The van der Waals surface area contributed by atoms with Gasteiger partial charge in [0, 0.05) is 4.47 Å². The second-order valence-electron chi connectivity index (χ2n) is 4.43. The van der Waals surface area contributed by atoms with Crippen molar-refractivity contribution >= 4 is 21.8 Å². The van der Waals surface area contributed by atoms with Crippen molar-refractivity contribution in [1.82, 2.24) is 0 Å². The molecule has 2 rings (SSSR count). The van der Waals surface area contributed by atoms with E-state index < -0.39 is 0 Å². The summed E-state index contributed by atoms with van der Waals surface area (Å²) in [4.78, 5) is 0. The monoisotopic (exact) mass is 318 g/mol. The molecule has 0 aliphatic heterocycles. The molecule has 0 aromatic heterocycles. The zero-order valence-corrected chi connectivity index (χ0v) is 12.4. The third-order valence-electron chi connectivity index (χ3n) is 2.80. The van der Waals surface area contributed by atoms with Crippen molar-refractivity contribution in [2.24, 2.45) is 5.73 Å². The van der Waals surface area contributed by atoms with Gasteiger partial charge < -0.3 is 10.5 Å². The SMILES string of the molecule is Cc1ccc(C)c(Oc2ccc(Br)cc2C(=N)N)c1. The van der Waals surface area contributed by atoms with Crippen molar-refractivity contribution < 1.29 is 4.74 Å². The Morgan fingerprint density at radius 3 is 2.53 bits per heavy atom. The fourth-order valence-corrected chi connectivity index (χ4v) is 2.10. The van der Waals surface area contributed by atoms with Crippen molar-refractivity contribution in [3.8, 4) is 11.5 Å². The highest BCUT2D eigenvalue weighted by Gasteiger charge is 2.10. The second kappa shape index (κ2) is 5.45. The first-order valence-corrected chi connectivity index (χ1v) is 6.65. The highest BCUT2D eigenvalue weighted by atomic mass is 79.9. The minimum Gasteiger partial charge on any atom is -0.456 e. The first-order valence-electron chi connectivity index (χ1n) is 5.86. The molecular formula is C15H15BrN2O. The molecule has 0 heterocycles. The van der Waals surface area contributed by atoms with E-state index >= 15 is 0 Å². The predicted molar refractivity (Wildman–Crippen MR) is 81.1 cm³/mol. The van der Waals surface area contributed by atoms with Gasteiger partial charge >= 0.3 is 0 Å². The Hall–Kier alpha value is -1.81. The van der Waals surface area contributed by atoms with Crippen LogP contribution >= 0.6 is 15.9 Å². The number of ether oxygens (including phenoxy) is 1. The zero-order chi connectivity index (χ0) is 14.0. The zero-order valence-electron chi connectivity index (χ0n) is 10.8. The van der Waals surface area contributed by atoms with Crippen LogP contribution in [0.4, 0.5) is 0 Å². The van der Waals surface area contributed by atoms with Crippen LogP contribution in [0.1, 0.15) is 16.7 Å². The van der Waals surface area contributed by atoms with Crippen LogP contribution in [0.5, 0.6) is 11.5 Å². The van der Waals surface area contributed by atoms with Crippen LogP contribution in [0.2, 0.25) is 0 Å². The lowest BCUT2D eigenvalue weighted by Crippen LogP contribution is -2.12. The van der Waals surface area contributed by atoms with Gasteiger partial charge in [0.05, 0.1) is 5.56 Å². The number of aryl methyl sites for hydroxylation is 2. The van der Waals surface area contributed by atoms with Crippen molar-refractivity contribution in [2.75, 3.05) is 0 Å². The molecule has 98 valence electrons. The summed E-state index contributed by atoms with van der Waals surface area (Å²) >= 11 is 3.37. The molecule has 0 radical (unpaired) electrons.